The molecule has 0 saturated carbocycles. The third kappa shape index (κ3) is 3.32. The van der Waals surface area contributed by atoms with Crippen LogP contribution in [0, 0.1) is 6.92 Å². The van der Waals surface area contributed by atoms with E-state index in [1.807, 2.05) is 50.4 Å². The number of anilines is 1. The fourth-order valence-corrected chi connectivity index (χ4v) is 3.60. The minimum atomic E-state index is -1.26. The molecule has 0 saturated heterocycles. The van der Waals surface area contributed by atoms with Gasteiger partial charge in [0.25, 0.3) is 0 Å². The van der Waals surface area contributed by atoms with Gasteiger partial charge in [0.1, 0.15) is 5.82 Å². The number of pyridine rings is 1. The predicted molar refractivity (Wildman–Crippen MR) is 92.2 cm³/mol. The smallest absolute Gasteiger partial charge is 0.205 e. The van der Waals surface area contributed by atoms with E-state index in [2.05, 4.69) is 15.3 Å². The quantitative estimate of drug-likeness (QED) is 0.783. The summed E-state index contributed by atoms with van der Waals surface area (Å²) in [5, 5.41) is 3.63. The van der Waals surface area contributed by atoms with Crippen LogP contribution in [0.5, 0.6) is 0 Å². The molecule has 5 nitrogen and oxygen atoms in total. The first-order valence-corrected chi connectivity index (χ1v) is 8.61. The van der Waals surface area contributed by atoms with Crippen molar-refractivity contribution in [2.45, 2.75) is 17.8 Å². The molecule has 0 fully saturated rings. The first-order chi connectivity index (χ1) is 11.2. The summed E-state index contributed by atoms with van der Waals surface area (Å²) in [4.78, 5) is 8.62. The molecule has 1 unspecified atom stereocenters. The number of hydrogen-bond donors (Lipinski definition) is 1. The number of rotatable bonds is 5. The molecule has 0 amide bonds. The molecule has 0 aliphatic carbocycles. The number of para-hydroxylation sites is 1. The van der Waals surface area contributed by atoms with Crippen LogP contribution in [0.3, 0.4) is 0 Å². The molecule has 0 spiro atoms. The Hall–Kier alpha value is -2.47. The van der Waals surface area contributed by atoms with Gasteiger partial charge < -0.3 is 5.32 Å². The average molecular weight is 326 g/mol. The highest BCUT2D eigenvalue weighted by molar-refractivity contribution is 7.84. The monoisotopic (exact) mass is 326 g/mol. The molecule has 1 aromatic carbocycles. The predicted octanol–water partition coefficient (Wildman–Crippen LogP) is 2.93. The highest BCUT2D eigenvalue weighted by Gasteiger charge is 2.15. The maximum Gasteiger partial charge on any atom is 0.205 e. The second-order valence-corrected chi connectivity index (χ2v) is 6.51. The molecule has 3 rings (SSSR count). The Labute approximate surface area is 137 Å². The Morgan fingerprint density at radius 2 is 2.00 bits per heavy atom. The Balaban J connectivity index is 1.91. The number of nitrogens with one attached hydrogen (secondary N) is 1. The summed E-state index contributed by atoms with van der Waals surface area (Å²) in [6.45, 7) is 2.00. The van der Waals surface area contributed by atoms with Crippen LogP contribution < -0.4 is 5.32 Å². The van der Waals surface area contributed by atoms with Gasteiger partial charge >= 0.3 is 0 Å². The highest BCUT2D eigenvalue weighted by Crippen LogP contribution is 2.20. The maximum atomic E-state index is 12.8. The molecule has 3 aromatic rings. The molecule has 1 atom stereocenters. The van der Waals surface area contributed by atoms with Gasteiger partial charge in [-0.15, -0.1) is 0 Å². The van der Waals surface area contributed by atoms with E-state index < -0.39 is 10.8 Å². The fourth-order valence-electron chi connectivity index (χ4n) is 2.38. The van der Waals surface area contributed by atoms with Crippen molar-refractivity contribution in [1.82, 2.24) is 14.5 Å². The number of aromatic nitrogens is 3. The minimum absolute atomic E-state index is 0.403. The molecular weight excluding hydrogens is 308 g/mol. The number of imidazole rings is 1. The lowest BCUT2D eigenvalue weighted by molar-refractivity contribution is 0.671. The van der Waals surface area contributed by atoms with Gasteiger partial charge in [-0.2, -0.15) is 0 Å². The maximum absolute atomic E-state index is 12.8. The second kappa shape index (κ2) is 6.75. The van der Waals surface area contributed by atoms with E-state index in [-0.39, 0.29) is 0 Å². The molecule has 6 heteroatoms. The van der Waals surface area contributed by atoms with Crippen LogP contribution >= 0.6 is 0 Å². The van der Waals surface area contributed by atoms with E-state index in [0.717, 1.165) is 22.6 Å². The largest absolute Gasteiger partial charge is 0.388 e. The van der Waals surface area contributed by atoms with Crippen LogP contribution in [0.25, 0.3) is 5.82 Å². The van der Waals surface area contributed by atoms with Gasteiger partial charge in [-0.25, -0.2) is 9.97 Å². The summed E-state index contributed by atoms with van der Waals surface area (Å²) in [6, 6.07) is 11.7. The molecule has 0 aliphatic heterocycles. The first-order valence-electron chi connectivity index (χ1n) is 7.29. The number of aryl methyl sites for hydroxylation is 1. The molecule has 0 bridgehead atoms. The van der Waals surface area contributed by atoms with Crippen molar-refractivity contribution < 1.29 is 4.21 Å². The van der Waals surface area contributed by atoms with Crippen LogP contribution in [0.1, 0.15) is 11.1 Å². The topological polar surface area (TPSA) is 59.8 Å². The van der Waals surface area contributed by atoms with Gasteiger partial charge in [0.15, 0.2) is 0 Å². The molecule has 2 heterocycles. The molecule has 118 valence electrons. The summed E-state index contributed by atoms with van der Waals surface area (Å²) in [7, 11) is 0.599. The third-order valence-corrected chi connectivity index (χ3v) is 4.81. The summed E-state index contributed by atoms with van der Waals surface area (Å²) in [5.41, 5.74) is 3.08. The Bertz CT molecular complexity index is 844. The van der Waals surface area contributed by atoms with Gasteiger partial charge in [0.2, 0.25) is 5.16 Å². The zero-order valence-corrected chi connectivity index (χ0v) is 13.9. The fraction of sp³-hybridized carbons (Fsp3) is 0.176. The van der Waals surface area contributed by atoms with Crippen molar-refractivity contribution in [2.24, 2.45) is 0 Å². The van der Waals surface area contributed by atoms with Crippen LogP contribution in [0.2, 0.25) is 0 Å². The van der Waals surface area contributed by atoms with Gasteiger partial charge in [0, 0.05) is 31.3 Å². The lowest BCUT2D eigenvalue weighted by Gasteiger charge is -2.10. The Kier molecular flexibility index (Phi) is 4.52. The number of benzene rings is 1. The van der Waals surface area contributed by atoms with Crippen LogP contribution in [0.15, 0.2) is 60.1 Å². The van der Waals surface area contributed by atoms with Crippen molar-refractivity contribution in [3.63, 3.8) is 0 Å². The highest BCUT2D eigenvalue weighted by atomic mass is 32.2. The van der Waals surface area contributed by atoms with E-state index >= 15 is 0 Å². The van der Waals surface area contributed by atoms with Crippen molar-refractivity contribution in [3.05, 3.63) is 66.1 Å². The van der Waals surface area contributed by atoms with Crippen LogP contribution in [0.4, 0.5) is 5.69 Å². The van der Waals surface area contributed by atoms with Crippen LogP contribution in [-0.4, -0.2) is 25.8 Å². The summed E-state index contributed by atoms with van der Waals surface area (Å²) in [6.07, 6.45) is 5.19. The van der Waals surface area contributed by atoms with Crippen LogP contribution in [-0.2, 0) is 16.6 Å². The molecule has 0 radical (unpaired) electrons. The lowest BCUT2D eigenvalue weighted by Crippen LogP contribution is -2.08. The van der Waals surface area contributed by atoms with Gasteiger partial charge in [-0.3, -0.25) is 8.78 Å². The molecule has 2 aromatic heterocycles. The molecule has 0 aliphatic rings. The summed E-state index contributed by atoms with van der Waals surface area (Å²) >= 11 is 0. The molecule has 1 N–H and O–H groups in total. The minimum Gasteiger partial charge on any atom is -0.388 e. The van der Waals surface area contributed by atoms with Crippen molar-refractivity contribution in [2.75, 3.05) is 12.4 Å². The summed E-state index contributed by atoms with van der Waals surface area (Å²) in [5.74, 6) is 1.13. The van der Waals surface area contributed by atoms with E-state index in [1.165, 1.54) is 0 Å². The second-order valence-electron chi connectivity index (χ2n) is 5.17. The van der Waals surface area contributed by atoms with Crippen molar-refractivity contribution >= 4 is 16.5 Å². The van der Waals surface area contributed by atoms with Gasteiger partial charge in [0.05, 0.1) is 16.6 Å². The normalized spacial score (nSPS) is 12.1. The number of hydrogen-bond acceptors (Lipinski definition) is 4. The van der Waals surface area contributed by atoms with E-state index in [1.54, 1.807) is 23.2 Å². The Morgan fingerprint density at radius 3 is 2.78 bits per heavy atom. The molecular formula is C17H18N4OS. The summed E-state index contributed by atoms with van der Waals surface area (Å²) < 4.78 is 14.6. The Morgan fingerprint density at radius 1 is 1.17 bits per heavy atom. The zero-order chi connectivity index (χ0) is 16.2. The lowest BCUT2D eigenvalue weighted by atomic mass is 10.2. The standard InChI is InChI=1S/C17H18N4OS/c1-13-7-8-19-16(11-13)21-10-9-20-17(21)23(22)12-14-5-3-4-6-15(14)18-2/h3-11,18H,12H2,1-2H3. The third-order valence-electron chi connectivity index (χ3n) is 3.53. The average Bonchev–Trinajstić information content (AvgIpc) is 3.05. The first kappa shape index (κ1) is 15.4. The number of nitrogens with zero attached hydrogens (tertiary/aromatic N) is 3. The van der Waals surface area contributed by atoms with E-state index in [4.69, 9.17) is 0 Å². The zero-order valence-electron chi connectivity index (χ0n) is 13.1. The van der Waals surface area contributed by atoms with E-state index in [9.17, 15) is 4.21 Å². The van der Waals surface area contributed by atoms with Gasteiger partial charge in [-0.1, -0.05) is 18.2 Å². The van der Waals surface area contributed by atoms with Crippen molar-refractivity contribution in [1.29, 1.82) is 0 Å². The molecule has 23 heavy (non-hydrogen) atoms. The van der Waals surface area contributed by atoms with Gasteiger partial charge in [-0.05, 0) is 36.2 Å². The SMILES string of the molecule is CNc1ccccc1CS(=O)c1nccn1-c1cc(C)ccn1. The van der Waals surface area contributed by atoms with Crippen molar-refractivity contribution in [3.8, 4) is 5.82 Å². The van der Waals surface area contributed by atoms with E-state index in [0.29, 0.717) is 10.9 Å².